The fourth-order valence-corrected chi connectivity index (χ4v) is 2.75. The quantitative estimate of drug-likeness (QED) is 0.452. The minimum Gasteiger partial charge on any atom is -0.471 e. The number of carbonyl (C=O) groups is 1. The molecule has 2 N–H and O–H groups in total. The molecule has 1 unspecified atom stereocenters. The number of halogens is 2. The number of benzene rings is 2. The highest BCUT2D eigenvalue weighted by atomic mass is 35.5. The van der Waals surface area contributed by atoms with Crippen molar-refractivity contribution in [1.29, 1.82) is 5.41 Å². The Morgan fingerprint density at radius 1 is 1.28 bits per heavy atom. The summed E-state index contributed by atoms with van der Waals surface area (Å²) in [5, 5.41) is 22.1. The summed E-state index contributed by atoms with van der Waals surface area (Å²) in [6, 6.07) is 13.3. The Kier molecular flexibility index (Phi) is 6.26. The van der Waals surface area contributed by atoms with Gasteiger partial charge in [-0.15, -0.1) is 5.10 Å². The molecule has 1 aromatic heterocycles. The van der Waals surface area contributed by atoms with Crippen LogP contribution in [0.25, 0.3) is 5.69 Å². The highest BCUT2D eigenvalue weighted by Gasteiger charge is 2.20. The van der Waals surface area contributed by atoms with Crippen LogP contribution in [0.5, 0.6) is 5.88 Å². The summed E-state index contributed by atoms with van der Waals surface area (Å²) >= 11 is 5.87. The molecule has 9 heteroatoms. The number of hydrogen-bond donors (Lipinski definition) is 2. The molecular weight excluding hydrogens is 401 g/mol. The van der Waals surface area contributed by atoms with E-state index in [2.05, 4.69) is 9.84 Å². The van der Waals surface area contributed by atoms with E-state index in [0.29, 0.717) is 21.8 Å². The lowest BCUT2D eigenvalue weighted by atomic mass is 10.0. The van der Waals surface area contributed by atoms with Gasteiger partial charge in [-0.05, 0) is 29.8 Å². The second kappa shape index (κ2) is 8.85. The Balaban J connectivity index is 1.87. The number of hydrogen-bond acceptors (Lipinski definition) is 6. The van der Waals surface area contributed by atoms with Crippen LogP contribution < -0.4 is 4.74 Å². The third-order valence-corrected chi connectivity index (χ3v) is 4.35. The first-order valence-electron chi connectivity index (χ1n) is 8.46. The van der Waals surface area contributed by atoms with E-state index in [0.717, 1.165) is 0 Å². The number of aliphatic hydroxyl groups excluding tert-OH is 1. The van der Waals surface area contributed by atoms with Gasteiger partial charge >= 0.3 is 5.97 Å². The largest absolute Gasteiger partial charge is 0.471 e. The van der Waals surface area contributed by atoms with Gasteiger partial charge in [-0.2, -0.15) is 0 Å². The van der Waals surface area contributed by atoms with Crippen molar-refractivity contribution in [2.24, 2.45) is 0 Å². The van der Waals surface area contributed by atoms with Gasteiger partial charge in [0.15, 0.2) is 0 Å². The van der Waals surface area contributed by atoms with Crippen molar-refractivity contribution in [3.05, 3.63) is 76.4 Å². The first-order valence-corrected chi connectivity index (χ1v) is 8.84. The topological polar surface area (TPSA) is 97.4 Å². The standard InChI is InChI=1S/C20H17ClFN3O4/c1-28-20(27)17(23)15-5-3-2-4-12(15)11-29-19-16(18(22)26)10-25(24-19)14-8-6-13(21)7-9-14/h2-10,18,23,26H,11H2,1H3. The maximum atomic E-state index is 13.7. The molecule has 0 aliphatic carbocycles. The van der Waals surface area contributed by atoms with E-state index in [1.165, 1.54) is 18.0 Å². The Hall–Kier alpha value is -3.23. The lowest BCUT2D eigenvalue weighted by Gasteiger charge is -2.11. The number of nitrogens with one attached hydrogen (secondary N) is 1. The third-order valence-electron chi connectivity index (χ3n) is 4.10. The second-order valence-electron chi connectivity index (χ2n) is 5.96. The smallest absolute Gasteiger partial charge is 0.356 e. The maximum Gasteiger partial charge on any atom is 0.356 e. The van der Waals surface area contributed by atoms with E-state index in [1.807, 2.05) is 0 Å². The van der Waals surface area contributed by atoms with Crippen LogP contribution in [0.3, 0.4) is 0 Å². The van der Waals surface area contributed by atoms with Gasteiger partial charge in [0, 0.05) is 16.8 Å². The van der Waals surface area contributed by atoms with Crippen LogP contribution in [0.1, 0.15) is 23.0 Å². The molecule has 3 rings (SSSR count). The van der Waals surface area contributed by atoms with E-state index in [-0.39, 0.29) is 23.8 Å². The summed E-state index contributed by atoms with van der Waals surface area (Å²) in [6.45, 7) is -0.104. The first-order chi connectivity index (χ1) is 13.9. The van der Waals surface area contributed by atoms with Gasteiger partial charge in [-0.1, -0.05) is 35.9 Å². The number of aromatic nitrogens is 2. The van der Waals surface area contributed by atoms with Crippen LogP contribution >= 0.6 is 11.6 Å². The number of alkyl halides is 1. The van der Waals surface area contributed by atoms with Gasteiger partial charge in [0.05, 0.1) is 18.4 Å². The fraction of sp³-hybridized carbons (Fsp3) is 0.150. The fourth-order valence-electron chi connectivity index (χ4n) is 2.62. The Bertz CT molecular complexity index is 1030. The van der Waals surface area contributed by atoms with Crippen LogP contribution in [0, 0.1) is 5.41 Å². The molecule has 0 saturated heterocycles. The Labute approximate surface area is 170 Å². The van der Waals surface area contributed by atoms with Crippen molar-refractivity contribution in [3.63, 3.8) is 0 Å². The lowest BCUT2D eigenvalue weighted by molar-refractivity contribution is -0.132. The van der Waals surface area contributed by atoms with Gasteiger partial charge in [0.1, 0.15) is 12.3 Å². The predicted octanol–water partition coefficient (Wildman–Crippen LogP) is 3.61. The average Bonchev–Trinajstić information content (AvgIpc) is 3.16. The van der Waals surface area contributed by atoms with E-state index in [9.17, 15) is 14.3 Å². The number of methoxy groups -OCH3 is 1. The summed E-state index contributed by atoms with van der Waals surface area (Å²) in [7, 11) is 1.19. The third kappa shape index (κ3) is 4.61. The molecule has 0 bridgehead atoms. The average molecular weight is 418 g/mol. The number of carbonyl (C=O) groups excluding carboxylic acids is 1. The van der Waals surface area contributed by atoms with Crippen LogP contribution in [0.2, 0.25) is 5.02 Å². The normalized spacial score (nSPS) is 11.7. The van der Waals surface area contributed by atoms with E-state index >= 15 is 0 Å². The lowest BCUT2D eigenvalue weighted by Crippen LogP contribution is -2.18. The second-order valence-corrected chi connectivity index (χ2v) is 6.40. The number of esters is 1. The molecule has 1 heterocycles. The van der Waals surface area contributed by atoms with Crippen molar-refractivity contribution in [1.82, 2.24) is 9.78 Å². The first kappa shape index (κ1) is 20.5. The molecule has 0 aliphatic rings. The summed E-state index contributed by atoms with van der Waals surface area (Å²) in [6.07, 6.45) is -0.985. The molecule has 1 atom stereocenters. The molecule has 7 nitrogen and oxygen atoms in total. The van der Waals surface area contributed by atoms with Crippen molar-refractivity contribution < 1.29 is 23.8 Å². The number of ether oxygens (including phenoxy) is 2. The number of nitrogens with zero attached hydrogens (tertiary/aromatic N) is 2. The van der Waals surface area contributed by atoms with Crippen LogP contribution in [0.4, 0.5) is 4.39 Å². The van der Waals surface area contributed by atoms with E-state index < -0.39 is 12.3 Å². The van der Waals surface area contributed by atoms with Crippen molar-refractivity contribution in [2.75, 3.05) is 7.11 Å². The molecule has 0 fully saturated rings. The van der Waals surface area contributed by atoms with E-state index in [4.69, 9.17) is 21.7 Å². The van der Waals surface area contributed by atoms with Crippen LogP contribution in [0.15, 0.2) is 54.7 Å². The Morgan fingerprint density at radius 2 is 1.97 bits per heavy atom. The number of rotatable bonds is 7. The van der Waals surface area contributed by atoms with Crippen LogP contribution in [-0.2, 0) is 16.1 Å². The summed E-state index contributed by atoms with van der Waals surface area (Å²) in [5.74, 6) is -0.904. The summed E-state index contributed by atoms with van der Waals surface area (Å²) < 4.78 is 25.2. The minimum atomic E-state index is -2.30. The Morgan fingerprint density at radius 3 is 2.62 bits per heavy atom. The van der Waals surface area contributed by atoms with Gasteiger partial charge in [0.25, 0.3) is 0 Å². The molecular formula is C20H17ClFN3O4. The molecule has 29 heavy (non-hydrogen) atoms. The van der Waals surface area contributed by atoms with Crippen LogP contribution in [-0.4, -0.2) is 33.7 Å². The molecule has 0 amide bonds. The monoisotopic (exact) mass is 417 g/mol. The SMILES string of the molecule is COC(=O)C(=N)c1ccccc1COc1nn(-c2ccc(Cl)cc2)cc1C(O)F. The van der Waals surface area contributed by atoms with Crippen molar-refractivity contribution in [3.8, 4) is 11.6 Å². The summed E-state index contributed by atoms with van der Waals surface area (Å²) in [4.78, 5) is 11.7. The molecule has 0 radical (unpaired) electrons. The van der Waals surface area contributed by atoms with Gasteiger partial charge in [-0.3, -0.25) is 5.41 Å². The molecule has 0 aliphatic heterocycles. The van der Waals surface area contributed by atoms with E-state index in [1.54, 1.807) is 48.5 Å². The minimum absolute atomic E-state index is 0.104. The molecule has 2 aromatic carbocycles. The predicted molar refractivity (Wildman–Crippen MR) is 104 cm³/mol. The molecule has 0 spiro atoms. The zero-order valence-electron chi connectivity index (χ0n) is 15.3. The molecule has 150 valence electrons. The highest BCUT2D eigenvalue weighted by Crippen LogP contribution is 2.27. The molecule has 0 saturated carbocycles. The zero-order chi connectivity index (χ0) is 21.0. The highest BCUT2D eigenvalue weighted by molar-refractivity contribution is 6.42. The zero-order valence-corrected chi connectivity index (χ0v) is 16.1. The summed E-state index contributed by atoms with van der Waals surface area (Å²) in [5.41, 5.74) is 0.936. The van der Waals surface area contributed by atoms with Crippen molar-refractivity contribution in [2.45, 2.75) is 13.0 Å². The van der Waals surface area contributed by atoms with Crippen molar-refractivity contribution >= 4 is 23.3 Å². The number of aliphatic hydroxyl groups is 1. The maximum absolute atomic E-state index is 13.7. The molecule has 3 aromatic rings. The van der Waals surface area contributed by atoms with Gasteiger partial charge < -0.3 is 14.6 Å². The van der Waals surface area contributed by atoms with Gasteiger partial charge in [-0.25, -0.2) is 13.9 Å². The van der Waals surface area contributed by atoms with Gasteiger partial charge in [0.2, 0.25) is 12.2 Å².